The lowest BCUT2D eigenvalue weighted by atomic mass is 10.0. The molecule has 0 radical (unpaired) electrons. The summed E-state index contributed by atoms with van der Waals surface area (Å²) in [6.45, 7) is 8.06. The van der Waals surface area contributed by atoms with Crippen molar-refractivity contribution in [3.8, 4) is 17.2 Å². The van der Waals surface area contributed by atoms with Crippen LogP contribution in [-0.2, 0) is 6.42 Å². The van der Waals surface area contributed by atoms with Gasteiger partial charge < -0.3 is 14.6 Å². The zero-order valence-corrected chi connectivity index (χ0v) is 20.9. The van der Waals surface area contributed by atoms with E-state index in [1.165, 1.54) is 38.8 Å². The van der Waals surface area contributed by atoms with Crippen LogP contribution in [0.3, 0.4) is 0 Å². The van der Waals surface area contributed by atoms with Gasteiger partial charge in [0.05, 0.1) is 11.6 Å². The van der Waals surface area contributed by atoms with Gasteiger partial charge in [-0.1, -0.05) is 18.2 Å². The zero-order valence-electron chi connectivity index (χ0n) is 19.1. The number of fused-ring (bicyclic) bond motifs is 1. The lowest BCUT2D eigenvalue weighted by molar-refractivity contribution is 0.266. The summed E-state index contributed by atoms with van der Waals surface area (Å²) >= 11 is 0. The minimum absolute atomic E-state index is 0. The molecule has 2 fully saturated rings. The third kappa shape index (κ3) is 6.22. The number of hydrogen-bond acceptors (Lipinski definition) is 4. The van der Waals surface area contributed by atoms with E-state index in [4.69, 9.17) is 9.68 Å². The van der Waals surface area contributed by atoms with E-state index in [9.17, 15) is 0 Å². The van der Waals surface area contributed by atoms with Crippen LogP contribution in [0.1, 0.15) is 50.9 Å². The fraction of sp³-hybridized carbons (Fsp3) is 0.444. The van der Waals surface area contributed by atoms with Crippen molar-refractivity contribution in [2.45, 2.75) is 58.0 Å². The first-order valence-electron chi connectivity index (χ1n) is 11.6. The average molecular weight is 496 g/mol. The maximum absolute atomic E-state index is 9.08. The predicted octanol–water partition coefficient (Wildman–Crippen LogP) is 6.33. The third-order valence-electron chi connectivity index (χ3n) is 6.54. The number of likely N-dealkylation sites (tertiary alicyclic amines) is 1. The minimum Gasteiger partial charge on any atom is -0.461 e. The van der Waals surface area contributed by atoms with Crippen molar-refractivity contribution in [1.29, 1.82) is 5.26 Å². The lowest BCUT2D eigenvalue weighted by Gasteiger charge is -2.19. The first kappa shape index (κ1) is 24.5. The molecule has 5 heteroatoms. The van der Waals surface area contributed by atoms with E-state index >= 15 is 0 Å². The number of nitriles is 1. The van der Waals surface area contributed by atoms with Gasteiger partial charge in [-0.3, -0.25) is 0 Å². The summed E-state index contributed by atoms with van der Waals surface area (Å²) in [7, 11) is 0. The third-order valence-corrected chi connectivity index (χ3v) is 6.54. The summed E-state index contributed by atoms with van der Waals surface area (Å²) in [5, 5.41) is 13.5. The molecule has 1 aromatic heterocycles. The number of nitrogens with zero attached hydrogens (tertiary/aromatic N) is 2. The number of furan rings is 1. The summed E-state index contributed by atoms with van der Waals surface area (Å²) in [4.78, 5) is 2.55. The molecule has 1 N–H and O–H groups in total. The van der Waals surface area contributed by atoms with Gasteiger partial charge in [-0.15, -0.1) is 17.0 Å². The number of rotatable bonds is 4. The van der Waals surface area contributed by atoms with Crippen LogP contribution >= 0.6 is 17.0 Å². The molecule has 0 saturated carbocycles. The molecular weight excluding hydrogens is 462 g/mol. The van der Waals surface area contributed by atoms with E-state index in [-0.39, 0.29) is 17.0 Å². The average Bonchev–Trinajstić information content (AvgIpc) is 3.53. The summed E-state index contributed by atoms with van der Waals surface area (Å²) in [5.41, 5.74) is 3.80. The van der Waals surface area contributed by atoms with Gasteiger partial charge in [0, 0.05) is 30.4 Å². The number of benzene rings is 2. The largest absolute Gasteiger partial charge is 0.461 e. The van der Waals surface area contributed by atoms with Gasteiger partial charge >= 0.3 is 0 Å². The second kappa shape index (κ2) is 11.7. The van der Waals surface area contributed by atoms with E-state index in [0.717, 1.165) is 46.9 Å². The molecule has 0 aliphatic carbocycles. The fourth-order valence-electron chi connectivity index (χ4n) is 4.61. The molecule has 32 heavy (non-hydrogen) atoms. The molecule has 0 amide bonds. The highest BCUT2D eigenvalue weighted by molar-refractivity contribution is 8.93. The summed E-state index contributed by atoms with van der Waals surface area (Å²) in [5.74, 6) is 1.05. The van der Waals surface area contributed by atoms with Gasteiger partial charge in [-0.2, -0.15) is 5.26 Å². The molecule has 0 spiro atoms. The molecule has 0 unspecified atom stereocenters. The van der Waals surface area contributed by atoms with Crippen LogP contribution in [0, 0.1) is 11.3 Å². The molecule has 170 valence electrons. The summed E-state index contributed by atoms with van der Waals surface area (Å²) < 4.78 is 6.02. The Kier molecular flexibility index (Phi) is 8.92. The van der Waals surface area contributed by atoms with Gasteiger partial charge in [0.1, 0.15) is 11.3 Å². The van der Waals surface area contributed by atoms with E-state index in [1.54, 1.807) is 0 Å². The van der Waals surface area contributed by atoms with E-state index in [2.05, 4.69) is 48.3 Å². The Morgan fingerprint density at radius 1 is 1.06 bits per heavy atom. The van der Waals surface area contributed by atoms with Crippen LogP contribution < -0.4 is 5.32 Å². The summed E-state index contributed by atoms with van der Waals surface area (Å²) in [6.07, 6.45) is 6.33. The predicted molar refractivity (Wildman–Crippen MR) is 137 cm³/mol. The zero-order chi connectivity index (χ0) is 21.6. The van der Waals surface area contributed by atoms with Crippen LogP contribution in [0.2, 0.25) is 0 Å². The van der Waals surface area contributed by atoms with Crippen molar-refractivity contribution < 1.29 is 4.42 Å². The Morgan fingerprint density at radius 3 is 2.56 bits per heavy atom. The van der Waals surface area contributed by atoms with Crippen LogP contribution in [0.5, 0.6) is 0 Å². The van der Waals surface area contributed by atoms with Crippen molar-refractivity contribution in [2.24, 2.45) is 0 Å². The molecule has 2 saturated heterocycles. The van der Waals surface area contributed by atoms with E-state index in [0.29, 0.717) is 11.6 Å². The van der Waals surface area contributed by atoms with Crippen molar-refractivity contribution in [2.75, 3.05) is 19.6 Å². The SMILES string of the molecule is Br.C[C@H]1CCCN1.C[C@H]1CCCN1CCc1cc2cc(-c3cccc(C#N)c3)ccc2o1. The quantitative estimate of drug-likeness (QED) is 0.458. The first-order chi connectivity index (χ1) is 15.1. The van der Waals surface area contributed by atoms with Gasteiger partial charge in [0.2, 0.25) is 0 Å². The first-order valence-corrected chi connectivity index (χ1v) is 11.6. The van der Waals surface area contributed by atoms with Crippen molar-refractivity contribution in [1.82, 2.24) is 10.2 Å². The fourth-order valence-corrected chi connectivity index (χ4v) is 4.61. The van der Waals surface area contributed by atoms with Crippen LogP contribution in [0.15, 0.2) is 52.9 Å². The Morgan fingerprint density at radius 2 is 1.91 bits per heavy atom. The monoisotopic (exact) mass is 495 g/mol. The van der Waals surface area contributed by atoms with E-state index < -0.39 is 0 Å². The molecule has 3 aromatic rings. The molecule has 0 bridgehead atoms. The molecule has 4 nitrogen and oxygen atoms in total. The number of halogens is 1. The molecule has 3 heterocycles. The lowest BCUT2D eigenvalue weighted by Crippen LogP contribution is -2.28. The second-order valence-electron chi connectivity index (χ2n) is 8.93. The summed E-state index contributed by atoms with van der Waals surface area (Å²) in [6, 6.07) is 19.8. The maximum Gasteiger partial charge on any atom is 0.134 e. The van der Waals surface area contributed by atoms with Gasteiger partial charge in [0.25, 0.3) is 0 Å². The number of hydrogen-bond donors (Lipinski definition) is 1. The van der Waals surface area contributed by atoms with Gasteiger partial charge in [-0.05, 0) is 94.1 Å². The molecule has 2 atom stereocenters. The molecule has 2 aromatic carbocycles. The van der Waals surface area contributed by atoms with Crippen molar-refractivity contribution in [3.63, 3.8) is 0 Å². The normalized spacial score (nSPS) is 20.4. The van der Waals surface area contributed by atoms with Crippen molar-refractivity contribution >= 4 is 28.0 Å². The molecule has 2 aliphatic heterocycles. The van der Waals surface area contributed by atoms with Crippen molar-refractivity contribution in [3.05, 3.63) is 59.9 Å². The minimum atomic E-state index is 0. The van der Waals surface area contributed by atoms with E-state index in [1.807, 2.05) is 30.3 Å². The van der Waals surface area contributed by atoms with Gasteiger partial charge in [-0.25, -0.2) is 0 Å². The standard InChI is InChI=1S/C22H22N2O.C5H11N.BrH/c1-16-4-3-10-24(16)11-9-21-14-20-13-19(7-8-22(20)25-21)18-6-2-5-17(12-18)15-23;1-5-3-2-4-6-5;/h2,5-8,12-14,16H,3-4,9-11H2,1H3;5-6H,2-4H2,1H3;1H/t16-;5-;/m00./s1. The Labute approximate surface area is 202 Å². The van der Waals surface area contributed by atoms with Crippen LogP contribution in [0.4, 0.5) is 0 Å². The number of nitrogens with one attached hydrogen (secondary N) is 1. The topological polar surface area (TPSA) is 52.2 Å². The molecular formula is C27H34BrN3O. The molecule has 2 aliphatic rings. The Hall–Kier alpha value is -2.13. The van der Waals surface area contributed by atoms with Crippen LogP contribution in [-0.4, -0.2) is 36.6 Å². The Balaban J connectivity index is 0.000000360. The second-order valence-corrected chi connectivity index (χ2v) is 8.93. The maximum atomic E-state index is 9.08. The smallest absolute Gasteiger partial charge is 0.134 e. The van der Waals surface area contributed by atoms with Gasteiger partial charge in [0.15, 0.2) is 0 Å². The highest BCUT2D eigenvalue weighted by atomic mass is 79.9. The molecule has 5 rings (SSSR count). The van der Waals surface area contributed by atoms with Crippen LogP contribution in [0.25, 0.3) is 22.1 Å². The highest BCUT2D eigenvalue weighted by Gasteiger charge is 2.20. The highest BCUT2D eigenvalue weighted by Crippen LogP contribution is 2.28. The Bertz CT molecular complexity index is 1050.